The van der Waals surface area contributed by atoms with Gasteiger partial charge in [0, 0.05) is 6.54 Å². The van der Waals surface area contributed by atoms with Crippen molar-refractivity contribution in [3.63, 3.8) is 0 Å². The number of carbonyl (C=O) groups excluding carboxylic acids is 1. The maximum Gasteiger partial charge on any atom is 0.326 e. The Balaban J connectivity index is 0.000000336. The number of carboxylic acid groups (broad SMARTS) is 1. The number of benzene rings is 1. The Morgan fingerprint density at radius 2 is 2.11 bits per heavy atom. The average Bonchev–Trinajstić information content (AvgIpc) is 3.36. The smallest absolute Gasteiger partial charge is 0.326 e. The van der Waals surface area contributed by atoms with Crippen molar-refractivity contribution in [2.75, 3.05) is 13.2 Å². The SMILES string of the molecule is Cc1ccccc1.NC(CO)c1noc(CNC(=O)N2CCCC2C(=O)O)n1. The van der Waals surface area contributed by atoms with E-state index in [-0.39, 0.29) is 24.9 Å². The largest absolute Gasteiger partial charge is 0.480 e. The summed E-state index contributed by atoms with van der Waals surface area (Å²) < 4.78 is 4.87. The molecule has 28 heavy (non-hydrogen) atoms. The number of carboxylic acids is 1. The number of urea groups is 1. The summed E-state index contributed by atoms with van der Waals surface area (Å²) in [6.45, 7) is 2.12. The van der Waals surface area contributed by atoms with Crippen molar-refractivity contribution in [1.29, 1.82) is 0 Å². The van der Waals surface area contributed by atoms with Crippen LogP contribution in [0.1, 0.15) is 36.2 Å². The quantitative estimate of drug-likeness (QED) is 0.584. The van der Waals surface area contributed by atoms with Crippen LogP contribution in [0.15, 0.2) is 34.9 Å². The Bertz CT molecular complexity index is 767. The average molecular weight is 391 g/mol. The molecule has 1 aromatic heterocycles. The van der Waals surface area contributed by atoms with E-state index < -0.39 is 24.1 Å². The van der Waals surface area contributed by atoms with Gasteiger partial charge >= 0.3 is 12.0 Å². The molecule has 0 spiro atoms. The molecule has 2 atom stereocenters. The minimum absolute atomic E-state index is 0.0349. The van der Waals surface area contributed by atoms with E-state index in [0.29, 0.717) is 19.4 Å². The summed E-state index contributed by atoms with van der Waals surface area (Å²) in [5.74, 6) is -0.740. The van der Waals surface area contributed by atoms with Gasteiger partial charge in [0.05, 0.1) is 19.2 Å². The normalized spacial score (nSPS) is 16.8. The van der Waals surface area contributed by atoms with E-state index in [0.717, 1.165) is 0 Å². The number of aromatic nitrogens is 2. The van der Waals surface area contributed by atoms with E-state index >= 15 is 0 Å². The third-order valence-corrected chi connectivity index (χ3v) is 4.14. The number of rotatable bonds is 5. The second kappa shape index (κ2) is 10.4. The van der Waals surface area contributed by atoms with Crippen LogP contribution in [-0.4, -0.2) is 56.4 Å². The zero-order valence-corrected chi connectivity index (χ0v) is 15.6. The first-order valence-electron chi connectivity index (χ1n) is 8.90. The number of aliphatic hydroxyl groups excluding tert-OH is 1. The number of nitrogens with one attached hydrogen (secondary N) is 1. The predicted octanol–water partition coefficient (Wildman–Crippen LogP) is 0.815. The lowest BCUT2D eigenvalue weighted by atomic mass is 10.2. The summed E-state index contributed by atoms with van der Waals surface area (Å²) in [6.07, 6.45) is 1.10. The fraction of sp³-hybridized carbons (Fsp3) is 0.444. The van der Waals surface area contributed by atoms with Crippen molar-refractivity contribution in [3.05, 3.63) is 47.6 Å². The Labute approximate surface area is 162 Å². The number of aliphatic carboxylic acids is 1. The number of nitrogens with zero attached hydrogens (tertiary/aromatic N) is 3. The number of hydrogen-bond acceptors (Lipinski definition) is 7. The topological polar surface area (TPSA) is 155 Å². The minimum Gasteiger partial charge on any atom is -0.480 e. The highest BCUT2D eigenvalue weighted by atomic mass is 16.5. The molecule has 0 saturated carbocycles. The molecule has 1 fully saturated rings. The summed E-state index contributed by atoms with van der Waals surface area (Å²) in [5, 5.41) is 24.0. The molecule has 0 aliphatic carbocycles. The summed E-state index contributed by atoms with van der Waals surface area (Å²) in [4.78, 5) is 28.1. The summed E-state index contributed by atoms with van der Waals surface area (Å²) >= 11 is 0. The number of nitrogens with two attached hydrogens (primary N) is 1. The lowest BCUT2D eigenvalue weighted by Crippen LogP contribution is -2.45. The lowest BCUT2D eigenvalue weighted by Gasteiger charge is -2.21. The van der Waals surface area contributed by atoms with Crippen LogP contribution in [0.25, 0.3) is 0 Å². The first-order chi connectivity index (χ1) is 13.4. The maximum atomic E-state index is 11.9. The van der Waals surface area contributed by atoms with Crippen molar-refractivity contribution in [2.24, 2.45) is 5.73 Å². The molecule has 1 aliphatic heterocycles. The molecule has 10 heteroatoms. The summed E-state index contributed by atoms with van der Waals surface area (Å²) in [7, 11) is 0. The number of likely N-dealkylation sites (tertiary alicyclic amines) is 1. The van der Waals surface area contributed by atoms with Crippen LogP contribution in [0.3, 0.4) is 0 Å². The zero-order chi connectivity index (χ0) is 20.5. The second-order valence-corrected chi connectivity index (χ2v) is 6.34. The molecular formula is C18H25N5O5. The van der Waals surface area contributed by atoms with E-state index in [2.05, 4.69) is 34.5 Å². The lowest BCUT2D eigenvalue weighted by molar-refractivity contribution is -0.141. The van der Waals surface area contributed by atoms with E-state index in [1.165, 1.54) is 10.5 Å². The predicted molar refractivity (Wildman–Crippen MR) is 99.1 cm³/mol. The maximum absolute atomic E-state index is 11.9. The first kappa shape index (κ1) is 21.3. The molecule has 1 aromatic carbocycles. The summed E-state index contributed by atoms with van der Waals surface area (Å²) in [5.41, 5.74) is 6.84. The Morgan fingerprint density at radius 3 is 2.68 bits per heavy atom. The fourth-order valence-electron chi connectivity index (χ4n) is 2.63. The van der Waals surface area contributed by atoms with Crippen LogP contribution in [0.4, 0.5) is 4.79 Å². The Kier molecular flexibility index (Phi) is 7.90. The van der Waals surface area contributed by atoms with Gasteiger partial charge in [0.2, 0.25) is 5.89 Å². The Hall–Kier alpha value is -2.98. The third-order valence-electron chi connectivity index (χ3n) is 4.14. The van der Waals surface area contributed by atoms with Crippen molar-refractivity contribution in [3.8, 4) is 0 Å². The van der Waals surface area contributed by atoms with Crippen molar-refractivity contribution in [1.82, 2.24) is 20.4 Å². The van der Waals surface area contributed by atoms with E-state index in [1.807, 2.05) is 18.2 Å². The molecule has 1 aliphatic rings. The number of hydrogen-bond donors (Lipinski definition) is 4. The monoisotopic (exact) mass is 391 g/mol. The molecule has 3 rings (SSSR count). The molecule has 0 bridgehead atoms. The molecule has 152 valence electrons. The van der Waals surface area contributed by atoms with Crippen LogP contribution in [0, 0.1) is 6.92 Å². The third kappa shape index (κ3) is 6.03. The van der Waals surface area contributed by atoms with Gasteiger partial charge in [-0.1, -0.05) is 41.1 Å². The van der Waals surface area contributed by atoms with Crippen LogP contribution in [-0.2, 0) is 11.3 Å². The molecule has 1 saturated heterocycles. The van der Waals surface area contributed by atoms with Crippen LogP contribution < -0.4 is 11.1 Å². The number of carbonyl (C=O) groups is 2. The zero-order valence-electron chi connectivity index (χ0n) is 15.6. The van der Waals surface area contributed by atoms with Gasteiger partial charge < -0.3 is 30.7 Å². The van der Waals surface area contributed by atoms with E-state index in [1.54, 1.807) is 0 Å². The standard InChI is InChI=1S/C11H17N5O5.C7H8/c12-6(5-17)9-14-8(21-15-9)4-13-11(20)16-3-1-2-7(16)10(18)19;1-7-5-3-2-4-6-7/h6-7,17H,1-5,12H2,(H,13,20)(H,18,19);2-6H,1H3. The molecule has 2 amide bonds. The first-order valence-corrected chi connectivity index (χ1v) is 8.90. The van der Waals surface area contributed by atoms with Gasteiger partial charge in [0.15, 0.2) is 5.82 Å². The van der Waals surface area contributed by atoms with Crippen molar-refractivity contribution in [2.45, 2.75) is 38.4 Å². The molecule has 0 radical (unpaired) electrons. The Morgan fingerprint density at radius 1 is 1.39 bits per heavy atom. The fourth-order valence-corrected chi connectivity index (χ4v) is 2.63. The summed E-state index contributed by atoms with van der Waals surface area (Å²) in [6, 6.07) is 8.22. The molecular weight excluding hydrogens is 366 g/mol. The van der Waals surface area contributed by atoms with Gasteiger partial charge in [0.1, 0.15) is 6.04 Å². The van der Waals surface area contributed by atoms with Crippen LogP contribution in [0.5, 0.6) is 0 Å². The van der Waals surface area contributed by atoms with Crippen molar-refractivity contribution < 1.29 is 24.3 Å². The van der Waals surface area contributed by atoms with Crippen LogP contribution >= 0.6 is 0 Å². The number of aliphatic hydroxyl groups is 1. The highest BCUT2D eigenvalue weighted by molar-refractivity contribution is 5.83. The van der Waals surface area contributed by atoms with Gasteiger partial charge in [-0.2, -0.15) is 4.98 Å². The van der Waals surface area contributed by atoms with Crippen LogP contribution in [0.2, 0.25) is 0 Å². The minimum atomic E-state index is -1.02. The van der Waals surface area contributed by atoms with Gasteiger partial charge in [-0.25, -0.2) is 9.59 Å². The second-order valence-electron chi connectivity index (χ2n) is 6.34. The van der Waals surface area contributed by atoms with Gasteiger partial charge in [-0.05, 0) is 19.8 Å². The van der Waals surface area contributed by atoms with E-state index in [4.69, 9.17) is 20.5 Å². The molecule has 2 aromatic rings. The number of amides is 2. The van der Waals surface area contributed by atoms with Gasteiger partial charge in [0.25, 0.3) is 0 Å². The molecule has 2 unspecified atom stereocenters. The van der Waals surface area contributed by atoms with Gasteiger partial charge in [-0.15, -0.1) is 0 Å². The molecule has 2 heterocycles. The van der Waals surface area contributed by atoms with Crippen molar-refractivity contribution >= 4 is 12.0 Å². The number of aryl methyl sites for hydroxylation is 1. The van der Waals surface area contributed by atoms with Gasteiger partial charge in [-0.3, -0.25) is 0 Å². The highest BCUT2D eigenvalue weighted by Gasteiger charge is 2.33. The highest BCUT2D eigenvalue weighted by Crippen LogP contribution is 2.17. The van der Waals surface area contributed by atoms with E-state index in [9.17, 15) is 9.59 Å². The molecule has 5 N–H and O–H groups in total. The molecule has 10 nitrogen and oxygen atoms in total.